The minimum Gasteiger partial charge on any atom is -0.423 e. The predicted octanol–water partition coefficient (Wildman–Crippen LogP) is 1.26. The van der Waals surface area contributed by atoms with E-state index in [0.29, 0.717) is 0 Å². The van der Waals surface area contributed by atoms with Crippen molar-refractivity contribution in [1.82, 2.24) is 20.2 Å². The second-order valence-electron chi connectivity index (χ2n) is 3.76. The summed E-state index contributed by atoms with van der Waals surface area (Å²) in [4.78, 5) is 0. The van der Waals surface area contributed by atoms with Crippen molar-refractivity contribution in [1.29, 1.82) is 0 Å². The van der Waals surface area contributed by atoms with Gasteiger partial charge in [0.1, 0.15) is 5.75 Å². The number of anilines is 1. The van der Waals surface area contributed by atoms with Crippen molar-refractivity contribution in [2.24, 2.45) is 7.05 Å². The Balaban J connectivity index is 2.11. The minimum atomic E-state index is -5.45. The lowest BCUT2D eigenvalue weighted by atomic mass is 10.3. The lowest BCUT2D eigenvalue weighted by molar-refractivity contribution is -0.0429. The Bertz CT molecular complexity index is 726. The molecule has 12 heteroatoms. The number of ether oxygens (including phenoxy) is 1. The summed E-state index contributed by atoms with van der Waals surface area (Å²) in [6.07, 6.45) is 0. The van der Waals surface area contributed by atoms with Crippen LogP contribution in [0.1, 0.15) is 0 Å². The highest BCUT2D eigenvalue weighted by Crippen LogP contribution is 2.26. The van der Waals surface area contributed by atoms with Crippen molar-refractivity contribution in [2.75, 3.05) is 4.72 Å². The van der Waals surface area contributed by atoms with E-state index < -0.39 is 15.5 Å². The number of alkyl halides is 3. The summed E-state index contributed by atoms with van der Waals surface area (Å²) in [6.45, 7) is 0. The molecule has 0 fully saturated rings. The summed E-state index contributed by atoms with van der Waals surface area (Å²) in [6, 6.07) is 4.83. The maximum Gasteiger partial charge on any atom is 0.516 e. The van der Waals surface area contributed by atoms with Crippen molar-refractivity contribution >= 4 is 15.7 Å². The van der Waals surface area contributed by atoms with Crippen LogP contribution in [0.25, 0.3) is 0 Å². The molecule has 0 atom stereocenters. The van der Waals surface area contributed by atoms with E-state index in [2.05, 4.69) is 15.5 Å². The summed E-state index contributed by atoms with van der Waals surface area (Å²) in [7, 11) is -3.92. The smallest absolute Gasteiger partial charge is 0.423 e. The highest BCUT2D eigenvalue weighted by Gasteiger charge is 2.45. The van der Waals surface area contributed by atoms with Gasteiger partial charge in [0, 0.05) is 12.7 Å². The molecule has 0 aliphatic rings. The van der Waals surface area contributed by atoms with Gasteiger partial charge in [0.25, 0.3) is 0 Å². The number of halogens is 3. The van der Waals surface area contributed by atoms with Crippen molar-refractivity contribution < 1.29 is 26.3 Å². The number of nitrogens with one attached hydrogen (secondary N) is 1. The van der Waals surface area contributed by atoms with Crippen LogP contribution in [0.5, 0.6) is 11.8 Å². The molecule has 8 nitrogen and oxygen atoms in total. The van der Waals surface area contributed by atoms with E-state index in [9.17, 15) is 21.6 Å². The lowest BCUT2D eigenvalue weighted by Crippen LogP contribution is -2.29. The maximum absolute atomic E-state index is 12.2. The molecule has 0 saturated heterocycles. The van der Waals surface area contributed by atoms with Crippen LogP contribution in [-0.2, 0) is 17.1 Å². The second-order valence-corrected chi connectivity index (χ2v) is 5.44. The van der Waals surface area contributed by atoms with Crippen LogP contribution in [0.2, 0.25) is 0 Å². The number of aromatic nitrogens is 4. The quantitative estimate of drug-likeness (QED) is 0.909. The third-order valence-electron chi connectivity index (χ3n) is 2.20. The van der Waals surface area contributed by atoms with Crippen LogP contribution < -0.4 is 9.46 Å². The summed E-state index contributed by atoms with van der Waals surface area (Å²) in [5, 5.41) is 10.4. The Kier molecular flexibility index (Phi) is 3.72. The number of rotatable bonds is 4. The van der Waals surface area contributed by atoms with E-state index in [1.165, 1.54) is 28.6 Å². The van der Waals surface area contributed by atoms with Crippen LogP contribution in [0.4, 0.5) is 18.9 Å². The molecular formula is C9H8F3N5O3S. The molecule has 0 aliphatic carbocycles. The van der Waals surface area contributed by atoms with Crippen molar-refractivity contribution in [2.45, 2.75) is 5.51 Å². The molecule has 0 unspecified atom stereocenters. The standard InChI is InChI=1S/C9H8F3N5O3S/c1-17-8(13-15-16-17)20-7-4-2-6(3-5-7)14-21(18,19)9(10,11)12/h2-5,14H,1H3. The molecule has 0 radical (unpaired) electrons. The van der Waals surface area contributed by atoms with E-state index in [-0.39, 0.29) is 17.4 Å². The van der Waals surface area contributed by atoms with E-state index in [4.69, 9.17) is 4.74 Å². The number of sulfonamides is 1. The highest BCUT2D eigenvalue weighted by atomic mass is 32.2. The molecule has 1 aromatic heterocycles. The van der Waals surface area contributed by atoms with Crippen LogP contribution in [0.3, 0.4) is 0 Å². The molecule has 2 aromatic rings. The first-order chi connectivity index (χ1) is 9.69. The van der Waals surface area contributed by atoms with Gasteiger partial charge in [0.2, 0.25) is 0 Å². The van der Waals surface area contributed by atoms with Crippen LogP contribution in [0.15, 0.2) is 24.3 Å². The zero-order valence-electron chi connectivity index (χ0n) is 10.4. The third-order valence-corrected chi connectivity index (χ3v) is 3.32. The number of aryl methyl sites for hydroxylation is 1. The van der Waals surface area contributed by atoms with Gasteiger partial charge in [-0.2, -0.15) is 26.3 Å². The van der Waals surface area contributed by atoms with Crippen LogP contribution in [-0.4, -0.2) is 34.1 Å². The van der Waals surface area contributed by atoms with E-state index in [1.807, 2.05) is 0 Å². The summed E-state index contributed by atoms with van der Waals surface area (Å²) in [5.41, 5.74) is -5.64. The topological polar surface area (TPSA) is 99.0 Å². The van der Waals surface area contributed by atoms with Crippen LogP contribution in [0, 0.1) is 0 Å². The van der Waals surface area contributed by atoms with Crippen molar-refractivity contribution in [3.63, 3.8) is 0 Å². The Morgan fingerprint density at radius 2 is 1.86 bits per heavy atom. The summed E-state index contributed by atoms with van der Waals surface area (Å²) in [5.74, 6) is 0.225. The molecule has 21 heavy (non-hydrogen) atoms. The molecule has 0 aliphatic heterocycles. The second kappa shape index (κ2) is 5.20. The average Bonchev–Trinajstić information content (AvgIpc) is 2.76. The number of benzene rings is 1. The fourth-order valence-corrected chi connectivity index (χ4v) is 1.78. The van der Waals surface area contributed by atoms with Crippen molar-refractivity contribution in [3.8, 4) is 11.8 Å². The van der Waals surface area contributed by atoms with Gasteiger partial charge in [-0.05, 0) is 34.7 Å². The molecule has 2 rings (SSSR count). The number of hydrogen-bond acceptors (Lipinski definition) is 6. The minimum absolute atomic E-state index is 0.0682. The molecule has 1 N–H and O–H groups in total. The maximum atomic E-state index is 12.2. The van der Waals surface area contributed by atoms with Crippen molar-refractivity contribution in [3.05, 3.63) is 24.3 Å². The first-order valence-corrected chi connectivity index (χ1v) is 6.77. The average molecular weight is 323 g/mol. The Morgan fingerprint density at radius 3 is 2.33 bits per heavy atom. The molecule has 114 valence electrons. The summed E-state index contributed by atoms with van der Waals surface area (Å²) < 4.78 is 66.3. The van der Waals surface area contributed by atoms with Gasteiger partial charge in [-0.1, -0.05) is 5.10 Å². The molecule has 0 spiro atoms. The largest absolute Gasteiger partial charge is 0.516 e. The van der Waals surface area contributed by atoms with Gasteiger partial charge in [-0.15, -0.1) is 0 Å². The Hall–Kier alpha value is -2.37. The SMILES string of the molecule is Cn1nnnc1Oc1ccc(NS(=O)(=O)C(F)(F)F)cc1. The molecule has 0 saturated carbocycles. The van der Waals surface area contributed by atoms with Gasteiger partial charge >= 0.3 is 21.5 Å². The highest BCUT2D eigenvalue weighted by molar-refractivity contribution is 7.93. The molecule has 1 heterocycles. The van der Waals surface area contributed by atoms with E-state index in [0.717, 1.165) is 12.1 Å². The fourth-order valence-electron chi connectivity index (χ4n) is 1.22. The fraction of sp³-hybridized carbons (Fsp3) is 0.222. The monoisotopic (exact) mass is 323 g/mol. The van der Waals surface area contributed by atoms with Crippen LogP contribution >= 0.6 is 0 Å². The van der Waals surface area contributed by atoms with E-state index in [1.54, 1.807) is 0 Å². The first-order valence-electron chi connectivity index (χ1n) is 5.28. The number of tetrazole rings is 1. The van der Waals surface area contributed by atoms with Gasteiger partial charge in [0.05, 0.1) is 0 Å². The number of nitrogens with zero attached hydrogens (tertiary/aromatic N) is 4. The summed E-state index contributed by atoms with van der Waals surface area (Å²) >= 11 is 0. The van der Waals surface area contributed by atoms with Gasteiger partial charge < -0.3 is 4.74 Å². The van der Waals surface area contributed by atoms with Gasteiger partial charge in [-0.25, -0.2) is 0 Å². The lowest BCUT2D eigenvalue weighted by Gasteiger charge is -2.10. The Labute approximate surface area is 116 Å². The molecule has 1 aromatic carbocycles. The predicted molar refractivity (Wildman–Crippen MR) is 63.9 cm³/mol. The molecule has 0 amide bonds. The number of hydrogen-bond donors (Lipinski definition) is 1. The van der Waals surface area contributed by atoms with Gasteiger partial charge in [0.15, 0.2) is 0 Å². The first kappa shape index (κ1) is 15.0. The molecular weight excluding hydrogens is 315 g/mol. The molecule has 0 bridgehead atoms. The third kappa shape index (κ3) is 3.39. The zero-order valence-corrected chi connectivity index (χ0v) is 11.2. The zero-order chi connectivity index (χ0) is 15.7. The van der Waals surface area contributed by atoms with E-state index >= 15 is 0 Å². The Morgan fingerprint density at radius 1 is 1.24 bits per heavy atom. The van der Waals surface area contributed by atoms with Gasteiger partial charge in [-0.3, -0.25) is 4.72 Å². The normalized spacial score (nSPS) is 12.2.